The zero-order chi connectivity index (χ0) is 16.9. The summed E-state index contributed by atoms with van der Waals surface area (Å²) in [5.41, 5.74) is 1.28. The largest absolute Gasteiger partial charge is 0.468 e. The SMILES string of the molecule is COC(=O)CN(C)C(=O)CN(c1cccc(C)c1)S(C)(=O)=O. The number of hydrogen-bond acceptors (Lipinski definition) is 5. The van der Waals surface area contributed by atoms with Gasteiger partial charge in [-0.1, -0.05) is 12.1 Å². The van der Waals surface area contributed by atoms with Crippen molar-refractivity contribution in [3.05, 3.63) is 29.8 Å². The molecule has 8 heteroatoms. The Morgan fingerprint density at radius 3 is 2.36 bits per heavy atom. The quantitative estimate of drug-likeness (QED) is 0.706. The first-order valence-electron chi connectivity index (χ1n) is 6.50. The van der Waals surface area contributed by atoms with E-state index < -0.39 is 21.9 Å². The molecule has 1 aromatic rings. The number of anilines is 1. The van der Waals surface area contributed by atoms with Gasteiger partial charge in [0.2, 0.25) is 15.9 Å². The van der Waals surface area contributed by atoms with Crippen molar-refractivity contribution in [2.45, 2.75) is 6.92 Å². The lowest BCUT2D eigenvalue weighted by molar-refractivity contribution is -0.145. The van der Waals surface area contributed by atoms with Crippen LogP contribution in [0.5, 0.6) is 0 Å². The van der Waals surface area contributed by atoms with Crippen LogP contribution in [0.25, 0.3) is 0 Å². The average molecular weight is 328 g/mol. The summed E-state index contributed by atoms with van der Waals surface area (Å²) in [5, 5.41) is 0. The summed E-state index contributed by atoms with van der Waals surface area (Å²) in [6.07, 6.45) is 1.03. The van der Waals surface area contributed by atoms with Crippen molar-refractivity contribution in [1.29, 1.82) is 0 Å². The van der Waals surface area contributed by atoms with Gasteiger partial charge in [-0.25, -0.2) is 8.42 Å². The van der Waals surface area contributed by atoms with E-state index in [1.807, 2.05) is 13.0 Å². The van der Waals surface area contributed by atoms with Gasteiger partial charge in [0, 0.05) is 7.05 Å². The number of carbonyl (C=O) groups excluding carboxylic acids is 2. The smallest absolute Gasteiger partial charge is 0.325 e. The Bertz CT molecular complexity index is 657. The molecule has 0 fully saturated rings. The van der Waals surface area contributed by atoms with Gasteiger partial charge in [0.1, 0.15) is 13.1 Å². The predicted octanol–water partition coefficient (Wildman–Crippen LogP) is 0.392. The Labute approximate surface area is 130 Å². The monoisotopic (exact) mass is 328 g/mol. The highest BCUT2D eigenvalue weighted by molar-refractivity contribution is 7.92. The minimum Gasteiger partial charge on any atom is -0.468 e. The number of ether oxygens (including phenoxy) is 1. The second-order valence-corrected chi connectivity index (χ2v) is 6.84. The number of nitrogens with zero attached hydrogens (tertiary/aromatic N) is 2. The highest BCUT2D eigenvalue weighted by atomic mass is 32.2. The summed E-state index contributed by atoms with van der Waals surface area (Å²) < 4.78 is 29.4. The maximum Gasteiger partial charge on any atom is 0.325 e. The van der Waals surface area contributed by atoms with Crippen molar-refractivity contribution in [2.24, 2.45) is 0 Å². The number of esters is 1. The predicted molar refractivity (Wildman–Crippen MR) is 83.0 cm³/mol. The van der Waals surface area contributed by atoms with Crippen molar-refractivity contribution in [3.8, 4) is 0 Å². The van der Waals surface area contributed by atoms with Crippen LogP contribution >= 0.6 is 0 Å². The van der Waals surface area contributed by atoms with Crippen molar-refractivity contribution in [3.63, 3.8) is 0 Å². The van der Waals surface area contributed by atoms with Crippen LogP contribution in [0.1, 0.15) is 5.56 Å². The van der Waals surface area contributed by atoms with E-state index in [2.05, 4.69) is 4.74 Å². The maximum atomic E-state index is 12.1. The molecule has 22 heavy (non-hydrogen) atoms. The topological polar surface area (TPSA) is 84.0 Å². The van der Waals surface area contributed by atoms with Crippen LogP contribution in [0.2, 0.25) is 0 Å². The molecule has 0 saturated heterocycles. The number of aryl methyl sites for hydroxylation is 1. The number of sulfonamides is 1. The van der Waals surface area contributed by atoms with E-state index in [1.165, 1.54) is 14.2 Å². The standard InChI is InChI=1S/C14H20N2O5S/c1-11-6-5-7-12(8-11)16(22(4,19)20)9-13(17)15(2)10-14(18)21-3/h5-8H,9-10H2,1-4H3. The Morgan fingerprint density at radius 2 is 1.86 bits per heavy atom. The normalized spacial score (nSPS) is 10.9. The molecule has 0 saturated carbocycles. The third-order valence-electron chi connectivity index (χ3n) is 2.99. The molecule has 0 aliphatic carbocycles. The summed E-state index contributed by atoms with van der Waals surface area (Å²) in [4.78, 5) is 24.4. The molecular formula is C14H20N2O5S. The lowest BCUT2D eigenvalue weighted by Crippen LogP contribution is -2.43. The fourth-order valence-corrected chi connectivity index (χ4v) is 2.61. The molecule has 0 atom stereocenters. The van der Waals surface area contributed by atoms with Crippen LogP contribution < -0.4 is 4.31 Å². The van der Waals surface area contributed by atoms with Crippen LogP contribution in [0.4, 0.5) is 5.69 Å². The zero-order valence-corrected chi connectivity index (χ0v) is 13.9. The Morgan fingerprint density at radius 1 is 1.23 bits per heavy atom. The Kier molecular flexibility index (Phi) is 5.92. The average Bonchev–Trinajstić information content (AvgIpc) is 2.42. The highest BCUT2D eigenvalue weighted by Crippen LogP contribution is 2.18. The second kappa shape index (κ2) is 7.26. The molecule has 0 aliphatic heterocycles. The first-order valence-corrected chi connectivity index (χ1v) is 8.35. The number of benzene rings is 1. The molecule has 1 rings (SSSR count). The number of rotatable bonds is 6. The van der Waals surface area contributed by atoms with Crippen LogP contribution in [-0.4, -0.2) is 58.7 Å². The van der Waals surface area contributed by atoms with Crippen LogP contribution in [0, 0.1) is 6.92 Å². The third-order valence-corrected chi connectivity index (χ3v) is 4.13. The van der Waals surface area contributed by atoms with Gasteiger partial charge in [-0.05, 0) is 24.6 Å². The van der Waals surface area contributed by atoms with Crippen molar-refractivity contribution >= 4 is 27.6 Å². The summed E-state index contributed by atoms with van der Waals surface area (Å²) >= 11 is 0. The fourth-order valence-electron chi connectivity index (χ4n) is 1.77. The zero-order valence-electron chi connectivity index (χ0n) is 13.1. The molecule has 0 radical (unpaired) electrons. The van der Waals surface area contributed by atoms with E-state index in [-0.39, 0.29) is 13.1 Å². The van der Waals surface area contributed by atoms with Gasteiger partial charge in [0.05, 0.1) is 19.1 Å². The molecule has 0 bridgehead atoms. The summed E-state index contributed by atoms with van der Waals surface area (Å²) in [5.74, 6) is -1.07. The van der Waals surface area contributed by atoms with Crippen LogP contribution in [-0.2, 0) is 24.3 Å². The minimum absolute atomic E-state index is 0.235. The van der Waals surface area contributed by atoms with Crippen molar-refractivity contribution in [1.82, 2.24) is 4.90 Å². The number of likely N-dealkylation sites (N-methyl/N-ethyl adjacent to an activating group) is 1. The third kappa shape index (κ3) is 5.03. The molecule has 1 amide bonds. The van der Waals surface area contributed by atoms with E-state index >= 15 is 0 Å². The first-order chi connectivity index (χ1) is 10.1. The molecule has 0 spiro atoms. The van der Waals surface area contributed by atoms with Gasteiger partial charge in [-0.15, -0.1) is 0 Å². The highest BCUT2D eigenvalue weighted by Gasteiger charge is 2.23. The summed E-state index contributed by atoms with van der Waals surface area (Å²) in [6, 6.07) is 6.83. The molecule has 7 nitrogen and oxygen atoms in total. The second-order valence-electron chi connectivity index (χ2n) is 4.93. The Balaban J connectivity index is 2.96. The van der Waals surface area contributed by atoms with Crippen LogP contribution in [0.15, 0.2) is 24.3 Å². The molecular weight excluding hydrogens is 308 g/mol. The summed E-state index contributed by atoms with van der Waals surface area (Å²) in [7, 11) is -0.997. The van der Waals surface area contributed by atoms with Gasteiger partial charge in [0.15, 0.2) is 0 Å². The van der Waals surface area contributed by atoms with Crippen molar-refractivity contribution in [2.75, 3.05) is 37.8 Å². The first kappa shape index (κ1) is 18.0. The van der Waals surface area contributed by atoms with Gasteiger partial charge >= 0.3 is 5.97 Å². The van der Waals surface area contributed by atoms with E-state index in [4.69, 9.17) is 0 Å². The molecule has 0 aromatic heterocycles. The van der Waals surface area contributed by atoms with Gasteiger partial charge in [-0.2, -0.15) is 0 Å². The number of methoxy groups -OCH3 is 1. The molecule has 122 valence electrons. The van der Waals surface area contributed by atoms with E-state index in [9.17, 15) is 18.0 Å². The molecule has 0 N–H and O–H groups in total. The lowest BCUT2D eigenvalue weighted by Gasteiger charge is -2.25. The van der Waals surface area contributed by atoms with E-state index in [0.717, 1.165) is 21.0 Å². The number of hydrogen-bond donors (Lipinski definition) is 0. The lowest BCUT2D eigenvalue weighted by atomic mass is 10.2. The molecule has 0 heterocycles. The molecule has 0 unspecified atom stereocenters. The van der Waals surface area contributed by atoms with E-state index in [1.54, 1.807) is 18.2 Å². The molecule has 0 aliphatic rings. The van der Waals surface area contributed by atoms with Crippen molar-refractivity contribution < 1.29 is 22.7 Å². The fraction of sp³-hybridized carbons (Fsp3) is 0.429. The number of amides is 1. The van der Waals surface area contributed by atoms with Gasteiger partial charge in [-0.3, -0.25) is 13.9 Å². The number of carbonyl (C=O) groups is 2. The maximum absolute atomic E-state index is 12.1. The van der Waals surface area contributed by atoms with Gasteiger partial charge < -0.3 is 9.64 Å². The van der Waals surface area contributed by atoms with Gasteiger partial charge in [0.25, 0.3) is 0 Å². The van der Waals surface area contributed by atoms with Crippen LogP contribution in [0.3, 0.4) is 0 Å². The summed E-state index contributed by atoms with van der Waals surface area (Å²) in [6.45, 7) is 1.21. The van der Waals surface area contributed by atoms with E-state index in [0.29, 0.717) is 5.69 Å². The minimum atomic E-state index is -3.63. The molecule has 1 aromatic carbocycles. The Hall–Kier alpha value is -2.09.